The van der Waals surface area contributed by atoms with Gasteiger partial charge in [0.2, 0.25) is 5.91 Å². The number of nitro groups is 1. The number of urea groups is 1. The number of nitrogens with one attached hydrogen (secondary N) is 1. The van der Waals surface area contributed by atoms with E-state index >= 15 is 0 Å². The molecule has 0 spiro atoms. The average Bonchev–Trinajstić information content (AvgIpc) is 3.40. The van der Waals surface area contributed by atoms with Crippen molar-refractivity contribution in [2.45, 2.75) is 12.5 Å². The molecule has 2 aliphatic heterocycles. The molecule has 3 aromatic rings. The Bertz CT molecular complexity index is 1310. The van der Waals surface area contributed by atoms with Crippen LogP contribution in [0.5, 0.6) is 0 Å². The number of carbonyl (C=O) groups is 3. The summed E-state index contributed by atoms with van der Waals surface area (Å²) >= 11 is 0. The Morgan fingerprint density at radius 3 is 2.49 bits per heavy atom. The number of para-hydroxylation sites is 3. The van der Waals surface area contributed by atoms with Gasteiger partial charge in [-0.05, 0) is 25.1 Å². The van der Waals surface area contributed by atoms with Crippen LogP contribution in [0.15, 0.2) is 59.0 Å². The highest BCUT2D eigenvalue weighted by Gasteiger charge is 2.52. The lowest BCUT2D eigenvalue weighted by atomic mass is 9.99. The molecule has 4 amide bonds. The van der Waals surface area contributed by atoms with Gasteiger partial charge in [-0.2, -0.15) is 0 Å². The highest BCUT2D eigenvalue weighted by Crippen LogP contribution is 2.33. The Morgan fingerprint density at radius 1 is 1.09 bits per heavy atom. The molecule has 2 aliphatic rings. The number of hydrogen-bond acceptors (Lipinski definition) is 7. The molecule has 0 bridgehead atoms. The summed E-state index contributed by atoms with van der Waals surface area (Å²) in [4.78, 5) is 54.0. The smallest absolute Gasteiger partial charge is 0.325 e. The van der Waals surface area contributed by atoms with Crippen LogP contribution in [0, 0.1) is 10.1 Å². The van der Waals surface area contributed by atoms with Crippen molar-refractivity contribution in [2.75, 3.05) is 37.6 Å². The fourth-order valence-corrected chi connectivity index (χ4v) is 4.55. The van der Waals surface area contributed by atoms with Crippen LogP contribution in [0.25, 0.3) is 11.0 Å². The maximum absolute atomic E-state index is 13.2. The molecule has 0 aliphatic carbocycles. The standard InChI is InChI=1S/C24H23N5O6/c1-24(20-14-16-6-2-5-9-19(16)35-20)22(31)28(23(32)25-24)15-21(30)27-12-10-26(11-13-27)17-7-3-4-8-18(17)29(33)34/h2-9,14H,10-13,15H2,1H3,(H,25,32). The van der Waals surface area contributed by atoms with Crippen molar-refractivity contribution in [1.29, 1.82) is 0 Å². The molecular weight excluding hydrogens is 454 g/mol. The summed E-state index contributed by atoms with van der Waals surface area (Å²) in [6.07, 6.45) is 0. The third-order valence-electron chi connectivity index (χ3n) is 6.54. The van der Waals surface area contributed by atoms with E-state index in [1.54, 1.807) is 42.2 Å². The van der Waals surface area contributed by atoms with Gasteiger partial charge in [0.05, 0.1) is 4.92 Å². The highest BCUT2D eigenvalue weighted by atomic mass is 16.6. The molecule has 180 valence electrons. The Labute approximate surface area is 200 Å². The van der Waals surface area contributed by atoms with Gasteiger partial charge < -0.3 is 19.5 Å². The third kappa shape index (κ3) is 3.84. The van der Waals surface area contributed by atoms with Crippen LogP contribution >= 0.6 is 0 Å². The van der Waals surface area contributed by atoms with Gasteiger partial charge in [-0.3, -0.25) is 24.6 Å². The molecule has 1 atom stereocenters. The van der Waals surface area contributed by atoms with Crippen LogP contribution in [-0.2, 0) is 15.1 Å². The van der Waals surface area contributed by atoms with E-state index in [1.807, 2.05) is 23.1 Å². The Hall–Kier alpha value is -4.41. The maximum Gasteiger partial charge on any atom is 0.325 e. The summed E-state index contributed by atoms with van der Waals surface area (Å²) in [5.41, 5.74) is -0.310. The first kappa shape index (κ1) is 22.4. The third-order valence-corrected chi connectivity index (χ3v) is 6.54. The van der Waals surface area contributed by atoms with E-state index in [9.17, 15) is 24.5 Å². The first-order valence-corrected chi connectivity index (χ1v) is 11.2. The molecule has 11 nitrogen and oxygen atoms in total. The largest absolute Gasteiger partial charge is 0.458 e. The van der Waals surface area contributed by atoms with Crippen molar-refractivity contribution in [1.82, 2.24) is 15.1 Å². The van der Waals surface area contributed by atoms with Crippen molar-refractivity contribution in [2.24, 2.45) is 0 Å². The zero-order valence-electron chi connectivity index (χ0n) is 19.0. The zero-order chi connectivity index (χ0) is 24.7. The molecule has 1 unspecified atom stereocenters. The number of anilines is 1. The topological polar surface area (TPSA) is 129 Å². The highest BCUT2D eigenvalue weighted by molar-refractivity contribution is 6.09. The first-order chi connectivity index (χ1) is 16.8. The van der Waals surface area contributed by atoms with Crippen LogP contribution in [0.1, 0.15) is 12.7 Å². The van der Waals surface area contributed by atoms with E-state index in [-0.39, 0.29) is 11.6 Å². The van der Waals surface area contributed by atoms with E-state index < -0.39 is 28.9 Å². The molecule has 1 N–H and O–H groups in total. The van der Waals surface area contributed by atoms with Crippen LogP contribution in [0.4, 0.5) is 16.2 Å². The van der Waals surface area contributed by atoms with Crippen LogP contribution in [0.2, 0.25) is 0 Å². The predicted molar refractivity (Wildman–Crippen MR) is 126 cm³/mol. The fraction of sp³-hybridized carbons (Fsp3) is 0.292. The van der Waals surface area contributed by atoms with Gasteiger partial charge >= 0.3 is 6.03 Å². The molecule has 11 heteroatoms. The van der Waals surface area contributed by atoms with Gasteiger partial charge in [0.1, 0.15) is 23.6 Å². The molecule has 2 fully saturated rings. The Balaban J connectivity index is 1.25. The number of imide groups is 1. The minimum Gasteiger partial charge on any atom is -0.458 e. The lowest BCUT2D eigenvalue weighted by Crippen LogP contribution is -2.52. The van der Waals surface area contributed by atoms with Crippen molar-refractivity contribution < 1.29 is 23.7 Å². The van der Waals surface area contributed by atoms with Crippen LogP contribution in [-0.4, -0.2) is 65.3 Å². The summed E-state index contributed by atoms with van der Waals surface area (Å²) in [6.45, 7) is 2.58. The lowest BCUT2D eigenvalue weighted by Gasteiger charge is -2.36. The van der Waals surface area contributed by atoms with E-state index in [4.69, 9.17) is 4.42 Å². The summed E-state index contributed by atoms with van der Waals surface area (Å²) < 4.78 is 5.81. The maximum atomic E-state index is 13.2. The van der Waals surface area contributed by atoms with Gasteiger partial charge in [-0.25, -0.2) is 4.79 Å². The van der Waals surface area contributed by atoms with Crippen molar-refractivity contribution in [3.8, 4) is 0 Å². The number of piperazine rings is 1. The lowest BCUT2D eigenvalue weighted by molar-refractivity contribution is -0.384. The number of rotatable bonds is 5. The molecule has 2 aromatic carbocycles. The molecule has 3 heterocycles. The minimum absolute atomic E-state index is 0.0106. The van der Waals surface area contributed by atoms with Gasteiger partial charge in [0, 0.05) is 37.6 Å². The number of amides is 4. The molecule has 0 radical (unpaired) electrons. The SMILES string of the molecule is CC1(c2cc3ccccc3o2)NC(=O)N(CC(=O)N2CCN(c3ccccc3[N+](=O)[O-])CC2)C1=O. The normalized spacial score (nSPS) is 20.4. The number of furan rings is 1. The fourth-order valence-electron chi connectivity index (χ4n) is 4.55. The van der Waals surface area contributed by atoms with Gasteiger partial charge in [0.25, 0.3) is 11.6 Å². The number of fused-ring (bicyclic) bond motifs is 1. The summed E-state index contributed by atoms with van der Waals surface area (Å²) in [5.74, 6) is -0.636. The van der Waals surface area contributed by atoms with Gasteiger partial charge in [-0.15, -0.1) is 0 Å². The second-order valence-corrected chi connectivity index (χ2v) is 8.71. The first-order valence-electron chi connectivity index (χ1n) is 11.2. The molecule has 35 heavy (non-hydrogen) atoms. The Kier molecular flexibility index (Phi) is 5.39. The second-order valence-electron chi connectivity index (χ2n) is 8.71. The van der Waals surface area contributed by atoms with Gasteiger partial charge in [0.15, 0.2) is 5.54 Å². The summed E-state index contributed by atoms with van der Waals surface area (Å²) in [5, 5.41) is 14.8. The molecule has 5 rings (SSSR count). The number of nitro benzene ring substituents is 1. The number of hydrogen-bond donors (Lipinski definition) is 1. The van der Waals surface area contributed by atoms with Crippen LogP contribution < -0.4 is 10.2 Å². The van der Waals surface area contributed by atoms with Gasteiger partial charge in [-0.1, -0.05) is 30.3 Å². The quantitative estimate of drug-likeness (QED) is 0.339. The molecule has 2 saturated heterocycles. The predicted octanol–water partition coefficient (Wildman–Crippen LogP) is 2.46. The van der Waals surface area contributed by atoms with Crippen molar-refractivity contribution >= 4 is 40.2 Å². The zero-order valence-corrected chi connectivity index (χ0v) is 19.0. The summed E-state index contributed by atoms with van der Waals surface area (Å²) in [6, 6.07) is 14.8. The van der Waals surface area contributed by atoms with Crippen molar-refractivity contribution in [3.63, 3.8) is 0 Å². The van der Waals surface area contributed by atoms with E-state index in [1.165, 1.54) is 6.07 Å². The average molecular weight is 477 g/mol. The number of nitrogens with zero attached hydrogens (tertiary/aromatic N) is 4. The summed E-state index contributed by atoms with van der Waals surface area (Å²) in [7, 11) is 0. The number of benzene rings is 2. The second kappa shape index (κ2) is 8.42. The minimum atomic E-state index is -1.42. The molecular formula is C24H23N5O6. The number of carbonyl (C=O) groups excluding carboxylic acids is 3. The van der Waals surface area contributed by atoms with Crippen LogP contribution in [0.3, 0.4) is 0 Å². The van der Waals surface area contributed by atoms with E-state index in [0.29, 0.717) is 43.2 Å². The van der Waals surface area contributed by atoms with E-state index in [0.717, 1.165) is 10.3 Å². The molecule has 1 aromatic heterocycles. The Morgan fingerprint density at radius 2 is 1.77 bits per heavy atom. The monoisotopic (exact) mass is 477 g/mol. The van der Waals surface area contributed by atoms with E-state index in [2.05, 4.69) is 5.32 Å². The molecule has 0 saturated carbocycles. The van der Waals surface area contributed by atoms with Crippen molar-refractivity contribution in [3.05, 3.63) is 70.5 Å².